The van der Waals surface area contributed by atoms with E-state index in [1.165, 1.54) is 12.1 Å². The highest BCUT2D eigenvalue weighted by Crippen LogP contribution is 2.29. The maximum Gasteiger partial charge on any atom is 0.285 e. The summed E-state index contributed by atoms with van der Waals surface area (Å²) in [5, 5.41) is 12.4. The van der Waals surface area contributed by atoms with E-state index in [1.807, 2.05) is 30.3 Å². The summed E-state index contributed by atoms with van der Waals surface area (Å²) in [5.41, 5.74) is -0.165. The number of alkyl halides is 2. The van der Waals surface area contributed by atoms with Crippen LogP contribution < -0.4 is 5.32 Å². The van der Waals surface area contributed by atoms with Crippen LogP contribution in [0.5, 0.6) is 0 Å². The Morgan fingerprint density at radius 3 is 1.86 bits per heavy atom. The van der Waals surface area contributed by atoms with Gasteiger partial charge in [-0.15, -0.1) is 0 Å². The van der Waals surface area contributed by atoms with Crippen molar-refractivity contribution < 1.29 is 13.9 Å². The molecule has 2 rings (SSSR count). The normalized spacial score (nSPS) is 14.7. The van der Waals surface area contributed by atoms with Crippen molar-refractivity contribution in [1.82, 2.24) is 5.32 Å². The third-order valence-electron chi connectivity index (χ3n) is 3.62. The van der Waals surface area contributed by atoms with Gasteiger partial charge in [-0.3, -0.25) is 5.32 Å². The molecule has 0 saturated heterocycles. The minimum Gasteiger partial charge on any atom is -0.394 e. The van der Waals surface area contributed by atoms with Gasteiger partial charge >= 0.3 is 0 Å². The number of rotatable bonds is 6. The zero-order valence-corrected chi connectivity index (χ0v) is 11.9. The predicted octanol–water partition coefficient (Wildman–Crippen LogP) is 3.28. The Labute approximate surface area is 123 Å². The van der Waals surface area contributed by atoms with Crippen molar-refractivity contribution in [2.24, 2.45) is 0 Å². The van der Waals surface area contributed by atoms with Gasteiger partial charge in [0.15, 0.2) is 0 Å². The molecule has 0 amide bonds. The highest BCUT2D eigenvalue weighted by atomic mass is 19.3. The molecule has 2 aromatic carbocycles. The molecule has 1 atom stereocenters. The van der Waals surface area contributed by atoms with Gasteiger partial charge in [0.2, 0.25) is 0 Å². The van der Waals surface area contributed by atoms with E-state index >= 15 is 0 Å². The number of aliphatic hydroxyl groups is 1. The van der Waals surface area contributed by atoms with Crippen molar-refractivity contribution >= 4 is 0 Å². The van der Waals surface area contributed by atoms with Gasteiger partial charge in [-0.25, -0.2) is 0 Å². The van der Waals surface area contributed by atoms with Gasteiger partial charge in [0.25, 0.3) is 5.92 Å². The van der Waals surface area contributed by atoms with E-state index in [4.69, 9.17) is 0 Å². The Kier molecular flexibility index (Phi) is 4.70. The van der Waals surface area contributed by atoms with Gasteiger partial charge in [0.1, 0.15) is 0 Å². The van der Waals surface area contributed by atoms with Crippen LogP contribution in [0.3, 0.4) is 0 Å². The molecule has 2 N–H and O–H groups in total. The Hall–Kier alpha value is -1.78. The van der Waals surface area contributed by atoms with E-state index in [9.17, 15) is 13.9 Å². The molecular weight excluding hydrogens is 272 g/mol. The predicted molar refractivity (Wildman–Crippen MR) is 79.2 cm³/mol. The van der Waals surface area contributed by atoms with Crippen LogP contribution in [0.4, 0.5) is 8.78 Å². The second-order valence-corrected chi connectivity index (χ2v) is 5.28. The lowest BCUT2D eigenvalue weighted by Gasteiger charge is -2.31. The Morgan fingerprint density at radius 2 is 1.38 bits per heavy atom. The molecule has 2 aromatic rings. The van der Waals surface area contributed by atoms with Crippen molar-refractivity contribution in [3.8, 4) is 0 Å². The number of halogens is 2. The molecule has 0 saturated carbocycles. The highest BCUT2D eigenvalue weighted by molar-refractivity contribution is 5.25. The first kappa shape index (κ1) is 15.6. The van der Waals surface area contributed by atoms with Crippen LogP contribution in [-0.4, -0.2) is 18.3 Å². The minimum absolute atomic E-state index is 0.0362. The topological polar surface area (TPSA) is 32.3 Å². The molecule has 0 aliphatic carbocycles. The molecular formula is C17H19F2NO. The summed E-state index contributed by atoms with van der Waals surface area (Å²) in [6.07, 6.45) is 0. The maximum absolute atomic E-state index is 14.2. The molecule has 21 heavy (non-hydrogen) atoms. The van der Waals surface area contributed by atoms with E-state index in [-0.39, 0.29) is 12.2 Å². The third kappa shape index (κ3) is 3.65. The van der Waals surface area contributed by atoms with Gasteiger partial charge < -0.3 is 5.11 Å². The number of nitrogens with one attached hydrogen (secondary N) is 1. The van der Waals surface area contributed by atoms with E-state index in [1.54, 1.807) is 25.1 Å². The highest BCUT2D eigenvalue weighted by Gasteiger charge is 2.35. The molecule has 0 aliphatic rings. The van der Waals surface area contributed by atoms with Crippen LogP contribution in [0.25, 0.3) is 0 Å². The Balaban J connectivity index is 2.13. The van der Waals surface area contributed by atoms with Crippen LogP contribution in [-0.2, 0) is 11.5 Å². The lowest BCUT2D eigenvalue weighted by Crippen LogP contribution is -2.47. The molecule has 0 heterocycles. The van der Waals surface area contributed by atoms with Crippen LogP contribution in [0.2, 0.25) is 0 Å². The first-order valence-electron chi connectivity index (χ1n) is 6.83. The molecule has 0 fully saturated rings. The summed E-state index contributed by atoms with van der Waals surface area (Å²) in [4.78, 5) is 0. The van der Waals surface area contributed by atoms with E-state index in [0.29, 0.717) is 0 Å². The van der Waals surface area contributed by atoms with Gasteiger partial charge in [-0.1, -0.05) is 60.7 Å². The first-order valence-corrected chi connectivity index (χ1v) is 6.83. The second-order valence-electron chi connectivity index (χ2n) is 5.28. The Morgan fingerprint density at radius 1 is 0.905 bits per heavy atom. The first-order chi connectivity index (χ1) is 9.98. The monoisotopic (exact) mass is 291 g/mol. The van der Waals surface area contributed by atoms with Crippen LogP contribution in [0.1, 0.15) is 18.1 Å². The van der Waals surface area contributed by atoms with Gasteiger partial charge in [0, 0.05) is 5.56 Å². The summed E-state index contributed by atoms with van der Waals surface area (Å²) < 4.78 is 28.4. The molecule has 0 spiro atoms. The summed E-state index contributed by atoms with van der Waals surface area (Å²) >= 11 is 0. The molecule has 0 aromatic heterocycles. The van der Waals surface area contributed by atoms with Crippen molar-refractivity contribution in [3.63, 3.8) is 0 Å². The number of aliphatic hydroxyl groups excluding tert-OH is 1. The number of hydrogen-bond acceptors (Lipinski definition) is 2. The molecule has 4 heteroatoms. The zero-order chi connectivity index (χ0) is 15.3. The third-order valence-corrected chi connectivity index (χ3v) is 3.62. The van der Waals surface area contributed by atoms with Gasteiger partial charge in [-0.05, 0) is 12.5 Å². The molecule has 0 radical (unpaired) electrons. The van der Waals surface area contributed by atoms with E-state index in [2.05, 4.69) is 5.32 Å². The SMILES string of the molecule is CC(CO)(NCC(F)(F)c1ccccc1)c1ccccc1. The summed E-state index contributed by atoms with van der Waals surface area (Å²) in [7, 11) is 0. The van der Waals surface area contributed by atoms with Crippen LogP contribution in [0, 0.1) is 0 Å². The second kappa shape index (κ2) is 6.33. The van der Waals surface area contributed by atoms with Crippen LogP contribution >= 0.6 is 0 Å². The van der Waals surface area contributed by atoms with Crippen molar-refractivity contribution in [3.05, 3.63) is 71.8 Å². The molecule has 2 nitrogen and oxygen atoms in total. The fourth-order valence-corrected chi connectivity index (χ4v) is 2.15. The largest absolute Gasteiger partial charge is 0.394 e. The number of hydrogen-bond donors (Lipinski definition) is 2. The van der Waals surface area contributed by atoms with E-state index < -0.39 is 18.0 Å². The average molecular weight is 291 g/mol. The maximum atomic E-state index is 14.2. The molecule has 0 aliphatic heterocycles. The van der Waals surface area contributed by atoms with Gasteiger partial charge in [-0.2, -0.15) is 8.78 Å². The molecule has 1 unspecified atom stereocenters. The number of benzene rings is 2. The van der Waals surface area contributed by atoms with Crippen molar-refractivity contribution in [2.75, 3.05) is 13.2 Å². The van der Waals surface area contributed by atoms with E-state index in [0.717, 1.165) is 5.56 Å². The molecule has 0 bridgehead atoms. The van der Waals surface area contributed by atoms with Crippen molar-refractivity contribution in [2.45, 2.75) is 18.4 Å². The summed E-state index contributed by atoms with van der Waals surface area (Å²) in [6, 6.07) is 16.8. The lowest BCUT2D eigenvalue weighted by atomic mass is 9.92. The van der Waals surface area contributed by atoms with Crippen molar-refractivity contribution in [1.29, 1.82) is 0 Å². The standard InChI is InChI=1S/C17H19F2NO/c1-16(13-21,14-8-4-2-5-9-14)20-12-17(18,19)15-10-6-3-7-11-15/h2-11,20-21H,12-13H2,1H3. The fraction of sp³-hybridized carbons (Fsp3) is 0.294. The van der Waals surface area contributed by atoms with Crippen LogP contribution in [0.15, 0.2) is 60.7 Å². The summed E-state index contributed by atoms with van der Waals surface area (Å²) in [5.74, 6) is -2.99. The fourth-order valence-electron chi connectivity index (χ4n) is 2.15. The smallest absolute Gasteiger partial charge is 0.285 e. The molecule has 112 valence electrons. The minimum atomic E-state index is -2.99. The Bertz CT molecular complexity index is 560. The average Bonchev–Trinajstić information content (AvgIpc) is 2.54. The zero-order valence-electron chi connectivity index (χ0n) is 11.9. The summed E-state index contributed by atoms with van der Waals surface area (Å²) in [6.45, 7) is 0.911. The lowest BCUT2D eigenvalue weighted by molar-refractivity contribution is -0.0143. The quantitative estimate of drug-likeness (QED) is 0.856. The van der Waals surface area contributed by atoms with Gasteiger partial charge in [0.05, 0.1) is 18.7 Å².